The minimum atomic E-state index is -1.22. The number of aliphatic carboxylic acids is 2. The molecule has 7 amide bonds. The van der Waals surface area contributed by atoms with E-state index in [9.17, 15) is 48.3 Å². The maximum atomic E-state index is 14.2. The molecule has 0 aromatic rings. The van der Waals surface area contributed by atoms with Crippen LogP contribution >= 0.6 is 0 Å². The lowest BCUT2D eigenvalue weighted by Crippen LogP contribution is -2.59. The molecular formula is C40H65N9O11. The molecule has 0 saturated carbocycles. The van der Waals surface area contributed by atoms with Gasteiger partial charge >= 0.3 is 11.9 Å². The Hall–Kier alpha value is -4.85. The van der Waals surface area contributed by atoms with Gasteiger partial charge in [-0.2, -0.15) is 0 Å². The van der Waals surface area contributed by atoms with Crippen molar-refractivity contribution in [2.24, 2.45) is 17.4 Å². The van der Waals surface area contributed by atoms with E-state index in [0.717, 1.165) is 0 Å². The number of carbonyl (C=O) groups is 9. The predicted octanol–water partition coefficient (Wildman–Crippen LogP) is -1.12. The number of carbonyl (C=O) groups excluding carboxylic acids is 7. The summed E-state index contributed by atoms with van der Waals surface area (Å²) >= 11 is 0. The molecule has 4 saturated heterocycles. The zero-order valence-electron chi connectivity index (χ0n) is 35.1. The Morgan fingerprint density at radius 3 is 1.63 bits per heavy atom. The van der Waals surface area contributed by atoms with Gasteiger partial charge in [0.25, 0.3) is 0 Å². The molecule has 20 nitrogen and oxygen atoms in total. The van der Waals surface area contributed by atoms with Crippen LogP contribution in [-0.2, 0) is 43.2 Å². The zero-order valence-corrected chi connectivity index (χ0v) is 35.1. The highest BCUT2D eigenvalue weighted by molar-refractivity contribution is 5.98. The Morgan fingerprint density at radius 1 is 0.617 bits per heavy atom. The summed E-state index contributed by atoms with van der Waals surface area (Å²) in [7, 11) is 0. The normalized spacial score (nSPS) is 23.6. The molecule has 0 aromatic heterocycles. The van der Waals surface area contributed by atoms with Crippen LogP contribution in [0.1, 0.15) is 111 Å². The molecule has 4 aliphatic rings. The third kappa shape index (κ3) is 12.1. The van der Waals surface area contributed by atoms with Crippen molar-refractivity contribution in [3.8, 4) is 0 Å². The van der Waals surface area contributed by atoms with E-state index in [-0.39, 0.29) is 63.7 Å². The second-order valence-electron chi connectivity index (χ2n) is 16.9. The number of rotatable bonds is 20. The van der Waals surface area contributed by atoms with Crippen LogP contribution in [0.5, 0.6) is 0 Å². The average molecular weight is 848 g/mol. The second kappa shape index (κ2) is 22.1. The third-order valence-electron chi connectivity index (χ3n) is 11.9. The maximum absolute atomic E-state index is 14.2. The maximum Gasteiger partial charge on any atom is 0.325 e. The van der Waals surface area contributed by atoms with Crippen LogP contribution in [0.2, 0.25) is 0 Å². The van der Waals surface area contributed by atoms with Crippen molar-refractivity contribution in [1.29, 1.82) is 0 Å². The molecule has 0 aliphatic carbocycles. The van der Waals surface area contributed by atoms with E-state index in [1.54, 1.807) is 0 Å². The van der Waals surface area contributed by atoms with Crippen molar-refractivity contribution < 1.29 is 53.4 Å². The highest BCUT2D eigenvalue weighted by Crippen LogP contribution is 2.29. The molecule has 4 rings (SSSR count). The highest BCUT2D eigenvalue weighted by Gasteiger charge is 2.47. The summed E-state index contributed by atoms with van der Waals surface area (Å²) in [6.45, 7) is 6.51. The van der Waals surface area contributed by atoms with Gasteiger partial charge in [0.1, 0.15) is 42.3 Å². The molecule has 0 unspecified atom stereocenters. The van der Waals surface area contributed by atoms with Gasteiger partial charge in [0, 0.05) is 32.6 Å². The van der Waals surface area contributed by atoms with Crippen molar-refractivity contribution in [1.82, 2.24) is 35.6 Å². The summed E-state index contributed by atoms with van der Waals surface area (Å²) < 4.78 is 0. The molecule has 0 radical (unpaired) electrons. The van der Waals surface area contributed by atoms with Crippen LogP contribution < -0.4 is 27.4 Å². The minimum Gasteiger partial charge on any atom is -0.481 e. The number of hydrogen-bond donors (Lipinski definition) is 7. The number of hydrogen-bond acceptors (Lipinski definition) is 11. The van der Waals surface area contributed by atoms with Crippen molar-refractivity contribution in [2.75, 3.05) is 32.7 Å². The summed E-state index contributed by atoms with van der Waals surface area (Å²) in [4.78, 5) is 125. The lowest BCUT2D eigenvalue weighted by Gasteiger charge is -2.35. The monoisotopic (exact) mass is 847 g/mol. The topological polar surface area (TPSA) is 295 Å². The standard InChI is InChI=1S/C40H65N9O11/c1-23(2)22-27(33(52)44-26(10-4-5-17-41)37(56)46-18-6-11-28(46)34(53)43-24(3)40(59)60)45-35(54)29-12-7-19-47(29)38(57)31-14-9-21-49(31)39(58)30-13-8-20-48(30)36(55)25(42)15-16-32(50)51/h23-31H,4-22,41-42H2,1-3H3,(H,43,53)(H,44,52)(H,45,54)(H,50,51)(H,59,60)/t24-,25-,26-,27-,28-,29-,30-,31-/m0/s1. The lowest BCUT2D eigenvalue weighted by molar-refractivity contribution is -0.151. The molecule has 9 N–H and O–H groups in total. The fraction of sp³-hybridized carbons (Fsp3) is 0.775. The van der Waals surface area contributed by atoms with Crippen LogP contribution in [0.4, 0.5) is 0 Å². The van der Waals surface area contributed by atoms with Gasteiger partial charge < -0.3 is 57.2 Å². The second-order valence-corrected chi connectivity index (χ2v) is 16.9. The average Bonchev–Trinajstić information content (AvgIpc) is 4.05. The number of unbranched alkanes of at least 4 members (excludes halogenated alkanes) is 1. The zero-order chi connectivity index (χ0) is 44.3. The molecule has 20 heteroatoms. The largest absolute Gasteiger partial charge is 0.481 e. The van der Waals surface area contributed by atoms with Gasteiger partial charge in [0.05, 0.1) is 6.04 Å². The number of amides is 7. The van der Waals surface area contributed by atoms with Crippen LogP contribution in [0.3, 0.4) is 0 Å². The van der Waals surface area contributed by atoms with Gasteiger partial charge in [0.2, 0.25) is 41.4 Å². The van der Waals surface area contributed by atoms with Crippen molar-refractivity contribution in [3.05, 3.63) is 0 Å². The molecule has 336 valence electrons. The molecule has 4 fully saturated rings. The van der Waals surface area contributed by atoms with E-state index in [0.29, 0.717) is 70.8 Å². The van der Waals surface area contributed by atoms with Crippen molar-refractivity contribution in [2.45, 2.75) is 159 Å². The molecule has 4 aliphatic heterocycles. The fourth-order valence-corrected chi connectivity index (χ4v) is 8.74. The Morgan fingerprint density at radius 2 is 1.10 bits per heavy atom. The summed E-state index contributed by atoms with van der Waals surface area (Å²) in [5, 5.41) is 26.4. The Kier molecular flexibility index (Phi) is 17.6. The number of nitrogens with one attached hydrogen (secondary N) is 3. The third-order valence-corrected chi connectivity index (χ3v) is 11.9. The SMILES string of the molecule is CC(C)C[C@H](NC(=O)[C@@H]1CCCN1C(=O)[C@@H]1CCCN1C(=O)[C@@H]1CCCN1C(=O)[C@@H](N)CCC(=O)O)C(=O)N[C@@H](CCCCN)C(=O)N1CCC[C@H]1C(=O)N[C@@H](C)C(=O)O. The molecule has 8 atom stereocenters. The Bertz CT molecular complexity index is 1610. The van der Waals surface area contributed by atoms with Crippen LogP contribution in [0.15, 0.2) is 0 Å². The number of nitrogens with two attached hydrogens (primary N) is 2. The summed E-state index contributed by atoms with van der Waals surface area (Å²) in [6, 6.07) is -7.90. The van der Waals surface area contributed by atoms with E-state index in [4.69, 9.17) is 16.6 Å². The van der Waals surface area contributed by atoms with E-state index >= 15 is 0 Å². The van der Waals surface area contributed by atoms with Gasteiger partial charge in [-0.3, -0.25) is 43.2 Å². The lowest BCUT2D eigenvalue weighted by atomic mass is 10.0. The van der Waals surface area contributed by atoms with Crippen LogP contribution in [0, 0.1) is 5.92 Å². The number of nitrogens with zero attached hydrogens (tertiary/aromatic N) is 4. The van der Waals surface area contributed by atoms with Crippen LogP contribution in [0.25, 0.3) is 0 Å². The van der Waals surface area contributed by atoms with E-state index < -0.39 is 95.7 Å². The fourth-order valence-electron chi connectivity index (χ4n) is 8.74. The van der Waals surface area contributed by atoms with Gasteiger partial charge in [-0.15, -0.1) is 0 Å². The van der Waals surface area contributed by atoms with E-state index in [2.05, 4.69) is 16.0 Å². The quantitative estimate of drug-likeness (QED) is 0.0716. The van der Waals surface area contributed by atoms with E-state index in [1.165, 1.54) is 26.5 Å². The smallest absolute Gasteiger partial charge is 0.325 e. The number of likely N-dealkylation sites (tertiary alicyclic amines) is 4. The first-order valence-electron chi connectivity index (χ1n) is 21.5. The Balaban J connectivity index is 1.45. The van der Waals surface area contributed by atoms with E-state index in [1.807, 2.05) is 13.8 Å². The summed E-state index contributed by atoms with van der Waals surface area (Å²) in [5.41, 5.74) is 11.7. The van der Waals surface area contributed by atoms with Crippen LogP contribution in [-0.4, -0.2) is 164 Å². The first-order valence-corrected chi connectivity index (χ1v) is 21.5. The molecule has 60 heavy (non-hydrogen) atoms. The predicted molar refractivity (Wildman–Crippen MR) is 215 cm³/mol. The summed E-state index contributed by atoms with van der Waals surface area (Å²) in [5.74, 6) is -5.91. The molecule has 0 aromatic carbocycles. The first-order chi connectivity index (χ1) is 28.5. The first kappa shape index (κ1) is 47.8. The highest BCUT2D eigenvalue weighted by atomic mass is 16.4. The van der Waals surface area contributed by atoms with Crippen molar-refractivity contribution in [3.63, 3.8) is 0 Å². The number of carboxylic acids is 2. The summed E-state index contributed by atoms with van der Waals surface area (Å²) in [6.07, 6.45) is 4.63. The van der Waals surface area contributed by atoms with Gasteiger partial charge in [-0.05, 0) is 103 Å². The Labute approximate surface area is 350 Å². The molecule has 4 heterocycles. The molecule has 0 spiro atoms. The minimum absolute atomic E-state index is 0.0662. The molecular weight excluding hydrogens is 782 g/mol. The van der Waals surface area contributed by atoms with Gasteiger partial charge in [0.15, 0.2) is 0 Å². The molecule has 0 bridgehead atoms. The van der Waals surface area contributed by atoms with Gasteiger partial charge in [-0.25, -0.2) is 0 Å². The van der Waals surface area contributed by atoms with Gasteiger partial charge in [-0.1, -0.05) is 13.8 Å². The number of carboxylic acid groups (broad SMARTS) is 2. The van der Waals surface area contributed by atoms with Crippen molar-refractivity contribution >= 4 is 53.3 Å².